The van der Waals surface area contributed by atoms with Gasteiger partial charge in [0, 0.05) is 6.20 Å². The molecule has 0 atom stereocenters. The number of hydrogen-bond donors (Lipinski definition) is 1. The summed E-state index contributed by atoms with van der Waals surface area (Å²) in [4.78, 5) is 14.8. The van der Waals surface area contributed by atoms with E-state index in [2.05, 4.69) is 4.98 Å². The summed E-state index contributed by atoms with van der Waals surface area (Å²) >= 11 is 0. The first-order valence-corrected chi connectivity index (χ1v) is 5.12. The van der Waals surface area contributed by atoms with Gasteiger partial charge < -0.3 is 9.84 Å². The van der Waals surface area contributed by atoms with E-state index in [9.17, 15) is 4.79 Å². The molecule has 0 amide bonds. The molecule has 4 heteroatoms. The normalized spacial score (nSPS) is 9.88. The highest BCUT2D eigenvalue weighted by molar-refractivity contribution is 5.87. The molecule has 1 aromatic carbocycles. The third kappa shape index (κ3) is 3.04. The molecule has 0 saturated carbocycles. The zero-order chi connectivity index (χ0) is 12.1. The summed E-state index contributed by atoms with van der Waals surface area (Å²) in [6, 6.07) is 12.3. The average molecular weight is 229 g/mol. The SMILES string of the molecule is O=C(O)c1ccnc(COc2ccccc2)c1. The maximum Gasteiger partial charge on any atom is 0.335 e. The quantitative estimate of drug-likeness (QED) is 0.874. The van der Waals surface area contributed by atoms with Gasteiger partial charge >= 0.3 is 5.97 Å². The van der Waals surface area contributed by atoms with E-state index in [1.807, 2.05) is 30.3 Å². The van der Waals surface area contributed by atoms with Crippen molar-refractivity contribution in [2.45, 2.75) is 6.61 Å². The molecule has 1 N–H and O–H groups in total. The fourth-order valence-corrected chi connectivity index (χ4v) is 1.36. The third-order valence-corrected chi connectivity index (χ3v) is 2.19. The maximum absolute atomic E-state index is 10.8. The Morgan fingerprint density at radius 2 is 2.00 bits per heavy atom. The van der Waals surface area contributed by atoms with Gasteiger partial charge in [-0.25, -0.2) is 4.79 Å². The lowest BCUT2D eigenvalue weighted by Gasteiger charge is -2.05. The third-order valence-electron chi connectivity index (χ3n) is 2.19. The number of carboxylic acids is 1. The van der Waals surface area contributed by atoms with E-state index >= 15 is 0 Å². The van der Waals surface area contributed by atoms with Crippen LogP contribution in [0.5, 0.6) is 5.75 Å². The Morgan fingerprint density at radius 1 is 1.24 bits per heavy atom. The average Bonchev–Trinajstić information content (AvgIpc) is 2.38. The second-order valence-electron chi connectivity index (χ2n) is 3.44. The fraction of sp³-hybridized carbons (Fsp3) is 0.0769. The molecule has 2 rings (SSSR count). The Balaban J connectivity index is 2.04. The summed E-state index contributed by atoms with van der Waals surface area (Å²) in [5.74, 6) is -0.233. The smallest absolute Gasteiger partial charge is 0.335 e. The molecule has 0 aliphatic heterocycles. The van der Waals surface area contributed by atoms with Crippen molar-refractivity contribution in [2.24, 2.45) is 0 Å². The molecule has 17 heavy (non-hydrogen) atoms. The molecule has 4 nitrogen and oxygen atoms in total. The summed E-state index contributed by atoms with van der Waals surface area (Å²) in [5.41, 5.74) is 0.806. The van der Waals surface area contributed by atoms with Crippen LogP contribution in [0.25, 0.3) is 0 Å². The van der Waals surface area contributed by atoms with Gasteiger partial charge in [-0.05, 0) is 24.3 Å². The Kier molecular flexibility index (Phi) is 3.35. The zero-order valence-electron chi connectivity index (χ0n) is 9.04. The number of ether oxygens (including phenoxy) is 1. The van der Waals surface area contributed by atoms with Crippen LogP contribution in [-0.2, 0) is 6.61 Å². The first-order valence-electron chi connectivity index (χ1n) is 5.12. The molecule has 86 valence electrons. The highest BCUT2D eigenvalue weighted by Crippen LogP contribution is 2.11. The summed E-state index contributed by atoms with van der Waals surface area (Å²) in [6.45, 7) is 0.255. The van der Waals surface area contributed by atoms with E-state index in [1.54, 1.807) is 0 Å². The standard InChI is InChI=1S/C13H11NO3/c15-13(16)10-6-7-14-11(8-10)9-17-12-4-2-1-3-5-12/h1-8H,9H2,(H,15,16). The molecular weight excluding hydrogens is 218 g/mol. The van der Waals surface area contributed by atoms with E-state index in [0.717, 1.165) is 5.75 Å². The number of aromatic nitrogens is 1. The number of carbonyl (C=O) groups is 1. The van der Waals surface area contributed by atoms with Crippen LogP contribution in [0, 0.1) is 0 Å². The maximum atomic E-state index is 10.8. The molecule has 2 aromatic rings. The van der Waals surface area contributed by atoms with Crippen LogP contribution in [0.1, 0.15) is 16.1 Å². The molecule has 0 spiro atoms. The van der Waals surface area contributed by atoms with Crippen molar-refractivity contribution in [3.63, 3.8) is 0 Å². The molecule has 0 fully saturated rings. The van der Waals surface area contributed by atoms with Gasteiger partial charge in [0.05, 0.1) is 11.3 Å². The highest BCUT2D eigenvalue weighted by atomic mass is 16.5. The van der Waals surface area contributed by atoms with E-state index in [0.29, 0.717) is 5.69 Å². The Bertz CT molecular complexity index is 511. The monoisotopic (exact) mass is 229 g/mol. The predicted molar refractivity (Wildman–Crippen MR) is 62.0 cm³/mol. The molecule has 0 aliphatic rings. The molecule has 0 unspecified atom stereocenters. The van der Waals surface area contributed by atoms with Gasteiger partial charge in [0.2, 0.25) is 0 Å². The second kappa shape index (κ2) is 5.12. The van der Waals surface area contributed by atoms with E-state index in [-0.39, 0.29) is 12.2 Å². The summed E-state index contributed by atoms with van der Waals surface area (Å²) in [5, 5.41) is 8.83. The summed E-state index contributed by atoms with van der Waals surface area (Å²) in [7, 11) is 0. The Labute approximate surface area is 98.5 Å². The predicted octanol–water partition coefficient (Wildman–Crippen LogP) is 2.36. The minimum Gasteiger partial charge on any atom is -0.487 e. The van der Waals surface area contributed by atoms with Gasteiger partial charge in [-0.1, -0.05) is 18.2 Å². The van der Waals surface area contributed by atoms with Crippen molar-refractivity contribution < 1.29 is 14.6 Å². The van der Waals surface area contributed by atoms with Crippen molar-refractivity contribution in [2.75, 3.05) is 0 Å². The minimum atomic E-state index is -0.964. The lowest BCUT2D eigenvalue weighted by Crippen LogP contribution is -2.02. The molecule has 0 bridgehead atoms. The van der Waals surface area contributed by atoms with Crippen LogP contribution in [0.4, 0.5) is 0 Å². The van der Waals surface area contributed by atoms with E-state index in [4.69, 9.17) is 9.84 Å². The Morgan fingerprint density at radius 3 is 2.71 bits per heavy atom. The van der Waals surface area contributed by atoms with Gasteiger partial charge in [-0.3, -0.25) is 4.98 Å². The lowest BCUT2D eigenvalue weighted by molar-refractivity contribution is 0.0696. The van der Waals surface area contributed by atoms with Gasteiger partial charge in [-0.15, -0.1) is 0 Å². The lowest BCUT2D eigenvalue weighted by atomic mass is 10.2. The topological polar surface area (TPSA) is 59.4 Å². The Hall–Kier alpha value is -2.36. The molecular formula is C13H11NO3. The number of rotatable bonds is 4. The molecule has 0 saturated heterocycles. The van der Waals surface area contributed by atoms with E-state index < -0.39 is 5.97 Å². The number of carboxylic acid groups (broad SMARTS) is 1. The first-order chi connectivity index (χ1) is 8.25. The summed E-state index contributed by atoms with van der Waals surface area (Å²) < 4.78 is 5.47. The van der Waals surface area contributed by atoms with E-state index in [1.165, 1.54) is 18.3 Å². The molecule has 0 aliphatic carbocycles. The number of aromatic carboxylic acids is 1. The van der Waals surface area contributed by atoms with Crippen LogP contribution in [-0.4, -0.2) is 16.1 Å². The minimum absolute atomic E-state index is 0.215. The fourth-order valence-electron chi connectivity index (χ4n) is 1.36. The number of para-hydroxylation sites is 1. The molecule has 1 heterocycles. The second-order valence-corrected chi connectivity index (χ2v) is 3.44. The van der Waals surface area contributed by atoms with Crippen LogP contribution >= 0.6 is 0 Å². The van der Waals surface area contributed by atoms with Crippen LogP contribution in [0.3, 0.4) is 0 Å². The van der Waals surface area contributed by atoms with Crippen LogP contribution in [0.15, 0.2) is 48.7 Å². The molecule has 0 radical (unpaired) electrons. The zero-order valence-corrected chi connectivity index (χ0v) is 9.04. The van der Waals surface area contributed by atoms with Gasteiger partial charge in [0.25, 0.3) is 0 Å². The van der Waals surface area contributed by atoms with Crippen molar-refractivity contribution in [3.05, 3.63) is 59.9 Å². The van der Waals surface area contributed by atoms with Crippen molar-refractivity contribution in [1.29, 1.82) is 0 Å². The number of pyridine rings is 1. The number of hydrogen-bond acceptors (Lipinski definition) is 3. The van der Waals surface area contributed by atoms with Crippen molar-refractivity contribution in [1.82, 2.24) is 4.98 Å². The van der Waals surface area contributed by atoms with Gasteiger partial charge in [-0.2, -0.15) is 0 Å². The van der Waals surface area contributed by atoms with Gasteiger partial charge in [0.15, 0.2) is 0 Å². The summed E-state index contributed by atoms with van der Waals surface area (Å²) in [6.07, 6.45) is 1.47. The first kappa shape index (κ1) is 11.1. The van der Waals surface area contributed by atoms with Crippen LogP contribution < -0.4 is 4.74 Å². The van der Waals surface area contributed by atoms with Crippen molar-refractivity contribution >= 4 is 5.97 Å². The largest absolute Gasteiger partial charge is 0.487 e. The number of nitrogens with zero attached hydrogens (tertiary/aromatic N) is 1. The van der Waals surface area contributed by atoms with Gasteiger partial charge in [0.1, 0.15) is 12.4 Å². The number of benzene rings is 1. The van der Waals surface area contributed by atoms with Crippen molar-refractivity contribution in [3.8, 4) is 5.75 Å². The molecule has 1 aromatic heterocycles. The highest BCUT2D eigenvalue weighted by Gasteiger charge is 2.04. The van der Waals surface area contributed by atoms with Crippen LogP contribution in [0.2, 0.25) is 0 Å².